The van der Waals surface area contributed by atoms with E-state index in [1.54, 1.807) is 0 Å². The molecule has 0 bridgehead atoms. The zero-order chi connectivity index (χ0) is 22.6. The van der Waals surface area contributed by atoms with Crippen LogP contribution in [0.3, 0.4) is 0 Å². The predicted molar refractivity (Wildman–Crippen MR) is 118 cm³/mol. The molecule has 168 valence electrons. The first kappa shape index (κ1) is 23.2. The van der Waals surface area contributed by atoms with Gasteiger partial charge in [0.25, 0.3) is 10.1 Å². The molecule has 2 aromatic rings. The molecule has 1 atom stereocenters. The lowest BCUT2D eigenvalue weighted by Gasteiger charge is -2.25. The van der Waals surface area contributed by atoms with Gasteiger partial charge in [-0.3, -0.25) is 4.18 Å². The van der Waals surface area contributed by atoms with Crippen molar-refractivity contribution < 1.29 is 26.9 Å². The third-order valence-electron chi connectivity index (χ3n) is 4.87. The molecule has 1 aliphatic carbocycles. The Hall–Kier alpha value is -2.42. The Balaban J connectivity index is 1.64. The van der Waals surface area contributed by atoms with Crippen LogP contribution in [-0.4, -0.2) is 52.2 Å². The molecular formula is C23H29NO6S. The minimum atomic E-state index is -3.65. The normalized spacial score (nSPS) is 14.6. The molecule has 1 N–H and O–H groups in total. The lowest BCUT2D eigenvalue weighted by atomic mass is 9.98. The van der Waals surface area contributed by atoms with E-state index < -0.39 is 27.9 Å². The van der Waals surface area contributed by atoms with Gasteiger partial charge in [-0.2, -0.15) is 8.42 Å². The van der Waals surface area contributed by atoms with Crippen LogP contribution in [0.5, 0.6) is 0 Å². The van der Waals surface area contributed by atoms with E-state index in [1.165, 1.54) is 0 Å². The van der Waals surface area contributed by atoms with E-state index in [0.717, 1.165) is 28.5 Å². The van der Waals surface area contributed by atoms with Crippen molar-refractivity contribution in [3.8, 4) is 11.1 Å². The summed E-state index contributed by atoms with van der Waals surface area (Å²) in [7, 11) is -3.65. The first-order valence-electron chi connectivity index (χ1n) is 10.1. The van der Waals surface area contributed by atoms with Crippen LogP contribution in [0.15, 0.2) is 48.5 Å². The molecule has 0 fully saturated rings. The summed E-state index contributed by atoms with van der Waals surface area (Å²) in [6, 6.07) is 15.5. The summed E-state index contributed by atoms with van der Waals surface area (Å²) in [5.74, 6) is -0.0605. The highest BCUT2D eigenvalue weighted by atomic mass is 32.2. The zero-order valence-electron chi connectivity index (χ0n) is 18.3. The average molecular weight is 448 g/mol. The predicted octanol–water partition coefficient (Wildman–Crippen LogP) is 3.69. The van der Waals surface area contributed by atoms with Crippen LogP contribution in [0.1, 0.15) is 37.8 Å². The van der Waals surface area contributed by atoms with Crippen LogP contribution < -0.4 is 5.32 Å². The molecule has 0 aromatic heterocycles. The van der Waals surface area contributed by atoms with Crippen molar-refractivity contribution >= 4 is 16.2 Å². The summed E-state index contributed by atoms with van der Waals surface area (Å²) in [6.45, 7) is 5.63. The van der Waals surface area contributed by atoms with Crippen LogP contribution in [0.4, 0.5) is 4.79 Å². The molecule has 1 aliphatic rings. The SMILES string of the molecule is CC(C)(C)OC[C@@H](COS(C)(=O)=O)NC(=O)OCC1c2ccccc2-c2ccccc21. The fourth-order valence-corrected chi connectivity index (χ4v) is 3.91. The van der Waals surface area contributed by atoms with Crippen molar-refractivity contribution in [1.29, 1.82) is 0 Å². The molecule has 1 amide bonds. The third kappa shape index (κ3) is 6.53. The van der Waals surface area contributed by atoms with Crippen molar-refractivity contribution in [2.75, 3.05) is 26.1 Å². The van der Waals surface area contributed by atoms with Crippen LogP contribution in [0.2, 0.25) is 0 Å². The number of ether oxygens (including phenoxy) is 2. The highest BCUT2D eigenvalue weighted by Gasteiger charge is 2.29. The molecule has 31 heavy (non-hydrogen) atoms. The second kappa shape index (κ2) is 9.38. The highest BCUT2D eigenvalue weighted by molar-refractivity contribution is 7.85. The number of amides is 1. The summed E-state index contributed by atoms with van der Waals surface area (Å²) in [6.07, 6.45) is 0.309. The minimum Gasteiger partial charge on any atom is -0.449 e. The van der Waals surface area contributed by atoms with Gasteiger partial charge < -0.3 is 14.8 Å². The van der Waals surface area contributed by atoms with Gasteiger partial charge >= 0.3 is 6.09 Å². The Kier molecular flexibility index (Phi) is 7.03. The summed E-state index contributed by atoms with van der Waals surface area (Å²) >= 11 is 0. The topological polar surface area (TPSA) is 90.9 Å². The smallest absolute Gasteiger partial charge is 0.407 e. The maximum absolute atomic E-state index is 12.5. The Bertz CT molecular complexity index is 983. The lowest BCUT2D eigenvalue weighted by Crippen LogP contribution is -2.44. The summed E-state index contributed by atoms with van der Waals surface area (Å²) in [5, 5.41) is 2.66. The van der Waals surface area contributed by atoms with Crippen molar-refractivity contribution in [3.63, 3.8) is 0 Å². The van der Waals surface area contributed by atoms with Gasteiger partial charge in [-0.25, -0.2) is 4.79 Å². The number of nitrogens with one attached hydrogen (secondary N) is 1. The Morgan fingerprint density at radius 1 is 1.00 bits per heavy atom. The van der Waals surface area contributed by atoms with Crippen molar-refractivity contribution in [3.05, 3.63) is 59.7 Å². The van der Waals surface area contributed by atoms with Crippen LogP contribution in [0.25, 0.3) is 11.1 Å². The number of alkyl carbamates (subject to hydrolysis) is 1. The molecule has 0 saturated carbocycles. The maximum Gasteiger partial charge on any atom is 0.407 e. The molecule has 0 radical (unpaired) electrons. The highest BCUT2D eigenvalue weighted by Crippen LogP contribution is 2.44. The summed E-state index contributed by atoms with van der Waals surface area (Å²) in [4.78, 5) is 12.5. The van der Waals surface area contributed by atoms with Crippen LogP contribution >= 0.6 is 0 Å². The van der Waals surface area contributed by atoms with Gasteiger partial charge in [0, 0.05) is 5.92 Å². The van der Waals surface area contributed by atoms with E-state index in [4.69, 9.17) is 13.7 Å². The Morgan fingerprint density at radius 2 is 1.55 bits per heavy atom. The molecule has 2 aromatic carbocycles. The summed E-state index contributed by atoms with van der Waals surface area (Å²) < 4.78 is 38.8. The van der Waals surface area contributed by atoms with Crippen molar-refractivity contribution in [1.82, 2.24) is 5.32 Å². The fourth-order valence-electron chi connectivity index (χ4n) is 3.49. The number of benzene rings is 2. The number of hydrogen-bond donors (Lipinski definition) is 1. The van der Waals surface area contributed by atoms with Gasteiger partial charge in [0.05, 0.1) is 31.1 Å². The molecule has 7 nitrogen and oxygen atoms in total. The zero-order valence-corrected chi connectivity index (χ0v) is 19.1. The van der Waals surface area contributed by atoms with E-state index >= 15 is 0 Å². The number of hydrogen-bond acceptors (Lipinski definition) is 6. The molecule has 3 rings (SSSR count). The van der Waals surface area contributed by atoms with Gasteiger partial charge in [0.1, 0.15) is 6.61 Å². The summed E-state index contributed by atoms with van der Waals surface area (Å²) in [5.41, 5.74) is 4.07. The van der Waals surface area contributed by atoms with E-state index in [1.807, 2.05) is 57.2 Å². The van der Waals surface area contributed by atoms with Gasteiger partial charge in [-0.05, 0) is 43.0 Å². The number of carbonyl (C=O) groups excluding carboxylic acids is 1. The minimum absolute atomic E-state index is 0.0605. The molecule has 0 unspecified atom stereocenters. The van der Waals surface area contributed by atoms with E-state index in [-0.39, 0.29) is 25.7 Å². The molecule has 8 heteroatoms. The number of rotatable bonds is 8. The quantitative estimate of drug-likeness (QED) is 0.621. The monoisotopic (exact) mass is 447 g/mol. The third-order valence-corrected chi connectivity index (χ3v) is 5.43. The molecular weight excluding hydrogens is 418 g/mol. The van der Waals surface area contributed by atoms with Crippen LogP contribution in [-0.2, 0) is 23.8 Å². The molecule has 0 heterocycles. The Morgan fingerprint density at radius 3 is 2.06 bits per heavy atom. The lowest BCUT2D eigenvalue weighted by molar-refractivity contribution is -0.0195. The van der Waals surface area contributed by atoms with E-state index in [0.29, 0.717) is 0 Å². The van der Waals surface area contributed by atoms with Gasteiger partial charge in [0.2, 0.25) is 0 Å². The number of carbonyl (C=O) groups is 1. The van der Waals surface area contributed by atoms with Crippen LogP contribution in [0, 0.1) is 0 Å². The second-order valence-corrected chi connectivity index (χ2v) is 10.2. The van der Waals surface area contributed by atoms with Gasteiger partial charge in [-0.15, -0.1) is 0 Å². The number of fused-ring (bicyclic) bond motifs is 3. The van der Waals surface area contributed by atoms with Crippen molar-refractivity contribution in [2.45, 2.75) is 38.3 Å². The molecule has 0 spiro atoms. The Labute approximate surface area is 183 Å². The second-order valence-electron chi connectivity index (χ2n) is 8.58. The van der Waals surface area contributed by atoms with Crippen molar-refractivity contribution in [2.24, 2.45) is 0 Å². The standard InChI is InChI=1S/C23H29NO6S/c1-23(2,3)29-13-16(14-30-31(4,26)27)24-22(25)28-15-21-19-11-7-5-9-17(19)18-10-6-8-12-20(18)21/h5-12,16,21H,13-15H2,1-4H3,(H,24,25)/t16-/m0/s1. The van der Waals surface area contributed by atoms with Gasteiger partial charge in [0.15, 0.2) is 0 Å². The first-order valence-corrected chi connectivity index (χ1v) is 11.9. The fraction of sp³-hybridized carbons (Fsp3) is 0.435. The first-order chi connectivity index (χ1) is 14.5. The molecule has 0 saturated heterocycles. The van der Waals surface area contributed by atoms with E-state index in [2.05, 4.69) is 17.4 Å². The molecule has 0 aliphatic heterocycles. The van der Waals surface area contributed by atoms with E-state index in [9.17, 15) is 13.2 Å². The van der Waals surface area contributed by atoms with Gasteiger partial charge in [-0.1, -0.05) is 48.5 Å². The maximum atomic E-state index is 12.5. The largest absolute Gasteiger partial charge is 0.449 e. The average Bonchev–Trinajstić information content (AvgIpc) is 3.01.